The SMILES string of the molecule is F[C@@H]1OC(F)(F)[C@@H](F)OC1(F)F. The Morgan fingerprint density at radius 3 is 1.25 bits per heavy atom. The predicted octanol–water partition coefficient (Wildman–Crippen LogP) is 1.81. The Bertz CT molecular complexity index is 162. The summed E-state index contributed by atoms with van der Waals surface area (Å²) in [4.78, 5) is 0. The lowest BCUT2D eigenvalue weighted by Gasteiger charge is -2.33. The van der Waals surface area contributed by atoms with Crippen LogP contribution in [0.5, 0.6) is 0 Å². The lowest BCUT2D eigenvalue weighted by atomic mass is 10.5. The molecule has 0 amide bonds. The molecule has 0 aromatic rings. The van der Waals surface area contributed by atoms with Crippen LogP contribution in [0, 0.1) is 0 Å². The van der Waals surface area contributed by atoms with Gasteiger partial charge in [-0.25, -0.2) is 8.78 Å². The lowest BCUT2D eigenvalue weighted by molar-refractivity contribution is -0.496. The van der Waals surface area contributed by atoms with Gasteiger partial charge in [-0.15, -0.1) is 0 Å². The number of halogens is 6. The first kappa shape index (κ1) is 9.59. The van der Waals surface area contributed by atoms with E-state index in [1.54, 1.807) is 0 Å². The molecule has 0 aromatic carbocycles. The van der Waals surface area contributed by atoms with Crippen LogP contribution in [0.2, 0.25) is 0 Å². The average molecular weight is 196 g/mol. The third-order valence-corrected chi connectivity index (χ3v) is 1.05. The van der Waals surface area contributed by atoms with Crippen LogP contribution in [0.1, 0.15) is 0 Å². The molecule has 0 bridgehead atoms. The highest BCUT2D eigenvalue weighted by Crippen LogP contribution is 2.40. The van der Waals surface area contributed by atoms with E-state index < -0.39 is 24.9 Å². The molecular weight excluding hydrogens is 194 g/mol. The Morgan fingerprint density at radius 1 is 0.750 bits per heavy atom. The maximum atomic E-state index is 11.9. The summed E-state index contributed by atoms with van der Waals surface area (Å²) in [5.41, 5.74) is 0. The van der Waals surface area contributed by atoms with Gasteiger partial charge in [0.05, 0.1) is 0 Å². The van der Waals surface area contributed by atoms with Gasteiger partial charge in [0.1, 0.15) is 0 Å². The molecule has 12 heavy (non-hydrogen) atoms. The number of rotatable bonds is 0. The fourth-order valence-corrected chi connectivity index (χ4v) is 0.520. The lowest BCUT2D eigenvalue weighted by Crippen LogP contribution is -2.53. The van der Waals surface area contributed by atoms with E-state index >= 15 is 0 Å². The average Bonchev–Trinajstić information content (AvgIpc) is 1.82. The molecule has 1 heterocycles. The number of hydrogen-bond acceptors (Lipinski definition) is 2. The van der Waals surface area contributed by atoms with Crippen LogP contribution in [-0.2, 0) is 9.47 Å². The second kappa shape index (κ2) is 2.49. The van der Waals surface area contributed by atoms with Crippen molar-refractivity contribution in [1.82, 2.24) is 0 Å². The van der Waals surface area contributed by atoms with Crippen LogP contribution in [0.3, 0.4) is 0 Å². The van der Waals surface area contributed by atoms with Gasteiger partial charge < -0.3 is 0 Å². The van der Waals surface area contributed by atoms with Crippen molar-refractivity contribution in [2.24, 2.45) is 0 Å². The summed E-state index contributed by atoms with van der Waals surface area (Å²) in [5, 5.41) is 0. The van der Waals surface area contributed by atoms with Crippen molar-refractivity contribution in [2.45, 2.75) is 24.9 Å². The van der Waals surface area contributed by atoms with E-state index in [0.29, 0.717) is 0 Å². The van der Waals surface area contributed by atoms with Crippen LogP contribution in [0.15, 0.2) is 0 Å². The zero-order chi connectivity index (χ0) is 9.57. The summed E-state index contributed by atoms with van der Waals surface area (Å²) in [6.07, 6.45) is -16.7. The molecule has 72 valence electrons. The molecule has 1 aliphatic rings. The van der Waals surface area contributed by atoms with E-state index in [0.717, 1.165) is 0 Å². The van der Waals surface area contributed by atoms with Crippen LogP contribution in [-0.4, -0.2) is 24.9 Å². The van der Waals surface area contributed by atoms with Crippen molar-refractivity contribution in [3.63, 3.8) is 0 Å². The second-order valence-electron chi connectivity index (χ2n) is 1.99. The van der Waals surface area contributed by atoms with Gasteiger partial charge in [-0.3, -0.25) is 9.47 Å². The van der Waals surface area contributed by atoms with Gasteiger partial charge in [-0.1, -0.05) is 0 Å². The summed E-state index contributed by atoms with van der Waals surface area (Å²) < 4.78 is 76.9. The van der Waals surface area contributed by atoms with Gasteiger partial charge in [-0.2, -0.15) is 17.6 Å². The van der Waals surface area contributed by atoms with Gasteiger partial charge in [0.25, 0.3) is 12.7 Å². The number of alkyl halides is 6. The molecule has 0 aliphatic carbocycles. The summed E-state index contributed by atoms with van der Waals surface area (Å²) in [5.74, 6) is 0. The molecule has 2 nitrogen and oxygen atoms in total. The Hall–Kier alpha value is -0.500. The topological polar surface area (TPSA) is 18.5 Å². The van der Waals surface area contributed by atoms with Gasteiger partial charge in [0.2, 0.25) is 0 Å². The van der Waals surface area contributed by atoms with Crippen molar-refractivity contribution in [3.05, 3.63) is 0 Å². The highest BCUT2D eigenvalue weighted by molar-refractivity contribution is 4.71. The molecule has 1 rings (SSSR count). The molecule has 0 aromatic heterocycles. The zero-order valence-electron chi connectivity index (χ0n) is 5.24. The molecule has 1 fully saturated rings. The van der Waals surface area contributed by atoms with Crippen molar-refractivity contribution in [2.75, 3.05) is 0 Å². The van der Waals surface area contributed by atoms with E-state index in [1.807, 2.05) is 0 Å². The molecule has 0 saturated carbocycles. The van der Waals surface area contributed by atoms with Gasteiger partial charge in [0.15, 0.2) is 0 Å². The van der Waals surface area contributed by atoms with E-state index in [2.05, 4.69) is 9.47 Å². The Kier molecular flexibility index (Phi) is 1.99. The molecule has 0 spiro atoms. The smallest absolute Gasteiger partial charge is 0.273 e. The summed E-state index contributed by atoms with van der Waals surface area (Å²) >= 11 is 0. The molecule has 1 saturated heterocycles. The number of ether oxygens (including phenoxy) is 2. The first-order chi connectivity index (χ1) is 5.26. The predicted molar refractivity (Wildman–Crippen MR) is 21.9 cm³/mol. The molecule has 0 unspecified atom stereocenters. The first-order valence-corrected chi connectivity index (χ1v) is 2.65. The van der Waals surface area contributed by atoms with Crippen molar-refractivity contribution < 1.29 is 35.8 Å². The summed E-state index contributed by atoms with van der Waals surface area (Å²) in [7, 11) is 0. The van der Waals surface area contributed by atoms with Gasteiger partial charge in [-0.05, 0) is 0 Å². The van der Waals surface area contributed by atoms with Crippen molar-refractivity contribution >= 4 is 0 Å². The van der Waals surface area contributed by atoms with Gasteiger partial charge in [0, 0.05) is 0 Å². The maximum absolute atomic E-state index is 11.9. The zero-order valence-corrected chi connectivity index (χ0v) is 5.24. The molecule has 2 atom stereocenters. The minimum atomic E-state index is -4.68. The van der Waals surface area contributed by atoms with E-state index in [1.165, 1.54) is 0 Å². The van der Waals surface area contributed by atoms with Crippen molar-refractivity contribution in [1.29, 1.82) is 0 Å². The van der Waals surface area contributed by atoms with E-state index in [4.69, 9.17) is 0 Å². The standard InChI is InChI=1S/C4H2F6O2/c5-1-3(7,8)12-2(6)4(9,10)11-1/h1-2H/t1-,2+. The third-order valence-electron chi connectivity index (χ3n) is 1.05. The monoisotopic (exact) mass is 196 g/mol. The summed E-state index contributed by atoms with van der Waals surface area (Å²) in [6, 6.07) is 0. The van der Waals surface area contributed by atoms with Gasteiger partial charge >= 0.3 is 12.2 Å². The first-order valence-electron chi connectivity index (χ1n) is 2.65. The summed E-state index contributed by atoms with van der Waals surface area (Å²) in [6.45, 7) is 0. The van der Waals surface area contributed by atoms with Crippen LogP contribution in [0.4, 0.5) is 26.3 Å². The van der Waals surface area contributed by atoms with E-state index in [9.17, 15) is 26.3 Å². The van der Waals surface area contributed by atoms with Crippen LogP contribution < -0.4 is 0 Å². The largest absolute Gasteiger partial charge is 0.414 e. The van der Waals surface area contributed by atoms with E-state index in [-0.39, 0.29) is 0 Å². The molecule has 8 heteroatoms. The second-order valence-corrected chi connectivity index (χ2v) is 1.99. The van der Waals surface area contributed by atoms with Crippen LogP contribution in [0.25, 0.3) is 0 Å². The minimum absolute atomic E-state index is 2.75. The molecule has 0 N–H and O–H groups in total. The van der Waals surface area contributed by atoms with Crippen LogP contribution >= 0.6 is 0 Å². The molecule has 1 aliphatic heterocycles. The Labute approximate surface area is 62.0 Å². The third kappa shape index (κ3) is 1.48. The Morgan fingerprint density at radius 2 is 1.00 bits per heavy atom. The Balaban J connectivity index is 2.76. The fourth-order valence-electron chi connectivity index (χ4n) is 0.520. The highest BCUT2D eigenvalue weighted by atomic mass is 19.3. The fraction of sp³-hybridized carbons (Fsp3) is 1.00. The van der Waals surface area contributed by atoms with Crippen molar-refractivity contribution in [3.8, 4) is 0 Å². The minimum Gasteiger partial charge on any atom is -0.273 e. The molecular formula is C4H2F6O2. The maximum Gasteiger partial charge on any atom is 0.414 e. The normalized spacial score (nSPS) is 39.5. The molecule has 0 radical (unpaired) electrons. The quantitative estimate of drug-likeness (QED) is 0.550. The number of hydrogen-bond donors (Lipinski definition) is 0. The highest BCUT2D eigenvalue weighted by Gasteiger charge is 2.61.